The van der Waals surface area contributed by atoms with E-state index in [-0.39, 0.29) is 6.09 Å². The maximum Gasteiger partial charge on any atom is 0.407 e. The van der Waals surface area contributed by atoms with Crippen LogP contribution >= 0.6 is 0 Å². The van der Waals surface area contributed by atoms with E-state index in [0.29, 0.717) is 6.54 Å². The fourth-order valence-corrected chi connectivity index (χ4v) is 3.27. The third-order valence-corrected chi connectivity index (χ3v) is 4.69. The largest absolute Gasteiger partial charge is 0.444 e. The van der Waals surface area contributed by atoms with E-state index in [4.69, 9.17) is 4.74 Å². The highest BCUT2D eigenvalue weighted by Gasteiger charge is 2.16. The fourth-order valence-electron chi connectivity index (χ4n) is 3.27. The second-order valence-corrected chi connectivity index (χ2v) is 8.36. The standard InChI is InChI=1S/C22H37N5O2/c1-22(2,3)29-21(28)26-13-7-12-24-20(23-4)25-14-8-15-27-16-11-18-9-5-6-10-19(18)17-27/h5-6,9-10H,7-8,11-17H2,1-4H3,(H,26,28)(H2,23,24,25). The highest BCUT2D eigenvalue weighted by molar-refractivity contribution is 5.79. The minimum atomic E-state index is -0.466. The van der Waals surface area contributed by atoms with Crippen molar-refractivity contribution in [2.45, 2.75) is 52.2 Å². The highest BCUT2D eigenvalue weighted by atomic mass is 16.6. The van der Waals surface area contributed by atoms with Crippen LogP contribution in [0.25, 0.3) is 0 Å². The smallest absolute Gasteiger partial charge is 0.407 e. The average molecular weight is 404 g/mol. The van der Waals surface area contributed by atoms with Gasteiger partial charge in [0, 0.05) is 46.3 Å². The maximum absolute atomic E-state index is 11.6. The number of fused-ring (bicyclic) bond motifs is 1. The summed E-state index contributed by atoms with van der Waals surface area (Å²) in [6.07, 6.45) is 2.64. The van der Waals surface area contributed by atoms with Crippen LogP contribution in [0.1, 0.15) is 44.7 Å². The molecule has 0 bridgehead atoms. The van der Waals surface area contributed by atoms with Crippen LogP contribution in [0.5, 0.6) is 0 Å². The number of benzene rings is 1. The molecule has 1 heterocycles. The van der Waals surface area contributed by atoms with Gasteiger partial charge in [0.05, 0.1) is 0 Å². The number of nitrogens with zero attached hydrogens (tertiary/aromatic N) is 2. The lowest BCUT2D eigenvalue weighted by atomic mass is 10.00. The Morgan fingerprint density at radius 2 is 1.72 bits per heavy atom. The zero-order valence-electron chi connectivity index (χ0n) is 18.4. The number of aliphatic imine (C=N–C) groups is 1. The number of guanidine groups is 1. The third kappa shape index (κ3) is 9.17. The molecule has 1 amide bonds. The summed E-state index contributed by atoms with van der Waals surface area (Å²) < 4.78 is 5.21. The lowest BCUT2D eigenvalue weighted by Gasteiger charge is -2.28. The number of hydrogen-bond donors (Lipinski definition) is 3. The van der Waals surface area contributed by atoms with Crippen LogP contribution in [0, 0.1) is 0 Å². The quantitative estimate of drug-likeness (QED) is 0.353. The molecule has 2 rings (SSSR count). The van der Waals surface area contributed by atoms with Crippen molar-refractivity contribution in [1.29, 1.82) is 0 Å². The van der Waals surface area contributed by atoms with E-state index < -0.39 is 5.60 Å². The van der Waals surface area contributed by atoms with Gasteiger partial charge in [-0.3, -0.25) is 9.89 Å². The molecular weight excluding hydrogens is 366 g/mol. The number of alkyl carbamates (subject to hydrolysis) is 1. The van der Waals surface area contributed by atoms with Gasteiger partial charge in [-0.25, -0.2) is 4.79 Å². The Kier molecular flexibility index (Phi) is 9.25. The second kappa shape index (κ2) is 11.7. The Morgan fingerprint density at radius 1 is 1.07 bits per heavy atom. The summed E-state index contributed by atoms with van der Waals surface area (Å²) >= 11 is 0. The molecule has 0 unspecified atom stereocenters. The zero-order valence-corrected chi connectivity index (χ0v) is 18.4. The van der Waals surface area contributed by atoms with Gasteiger partial charge in [0.2, 0.25) is 0 Å². The minimum Gasteiger partial charge on any atom is -0.444 e. The topological polar surface area (TPSA) is 78.0 Å². The number of rotatable bonds is 8. The van der Waals surface area contributed by atoms with E-state index in [1.54, 1.807) is 7.05 Å². The third-order valence-electron chi connectivity index (χ3n) is 4.69. The molecule has 1 aliphatic heterocycles. The molecule has 0 saturated heterocycles. The number of carbonyl (C=O) groups excluding carboxylic acids is 1. The van der Waals surface area contributed by atoms with Gasteiger partial charge in [-0.2, -0.15) is 0 Å². The Morgan fingerprint density at radius 3 is 2.41 bits per heavy atom. The monoisotopic (exact) mass is 403 g/mol. The number of nitrogens with one attached hydrogen (secondary N) is 3. The summed E-state index contributed by atoms with van der Waals surface area (Å²) in [6, 6.07) is 8.74. The minimum absolute atomic E-state index is 0.375. The van der Waals surface area contributed by atoms with E-state index in [0.717, 1.165) is 57.9 Å². The SMILES string of the molecule is CN=C(NCCCNC(=O)OC(C)(C)C)NCCCN1CCc2ccccc2C1. The van der Waals surface area contributed by atoms with E-state index in [1.807, 2.05) is 20.8 Å². The lowest BCUT2D eigenvalue weighted by molar-refractivity contribution is 0.0527. The summed E-state index contributed by atoms with van der Waals surface area (Å²) in [5.41, 5.74) is 2.49. The number of amides is 1. The van der Waals surface area contributed by atoms with Crippen molar-refractivity contribution >= 4 is 12.1 Å². The van der Waals surface area contributed by atoms with Gasteiger partial charge in [0.15, 0.2) is 5.96 Å². The molecule has 0 spiro atoms. The molecule has 0 atom stereocenters. The van der Waals surface area contributed by atoms with Crippen LogP contribution in [0.15, 0.2) is 29.3 Å². The summed E-state index contributed by atoms with van der Waals surface area (Å²) in [5, 5.41) is 9.39. The summed E-state index contributed by atoms with van der Waals surface area (Å²) in [6.45, 7) is 11.0. The number of hydrogen-bond acceptors (Lipinski definition) is 4. The molecule has 0 aliphatic carbocycles. The number of carbonyl (C=O) groups is 1. The van der Waals surface area contributed by atoms with Crippen LogP contribution in [0.3, 0.4) is 0 Å². The summed E-state index contributed by atoms with van der Waals surface area (Å²) in [7, 11) is 1.77. The Bertz CT molecular complexity index is 669. The van der Waals surface area contributed by atoms with Gasteiger partial charge < -0.3 is 20.7 Å². The summed E-state index contributed by atoms with van der Waals surface area (Å²) in [4.78, 5) is 18.4. The molecule has 3 N–H and O–H groups in total. The average Bonchev–Trinajstić information content (AvgIpc) is 2.67. The zero-order chi connectivity index (χ0) is 21.1. The van der Waals surface area contributed by atoms with Crippen LogP contribution in [0.4, 0.5) is 4.79 Å². The van der Waals surface area contributed by atoms with Crippen LogP contribution in [0.2, 0.25) is 0 Å². The Hall–Kier alpha value is -2.28. The normalized spacial score (nSPS) is 14.8. The van der Waals surface area contributed by atoms with Crippen LogP contribution < -0.4 is 16.0 Å². The first-order valence-corrected chi connectivity index (χ1v) is 10.6. The van der Waals surface area contributed by atoms with Crippen molar-refractivity contribution < 1.29 is 9.53 Å². The van der Waals surface area contributed by atoms with Gasteiger partial charge in [0.1, 0.15) is 5.60 Å². The van der Waals surface area contributed by atoms with Crippen LogP contribution in [-0.4, -0.2) is 62.3 Å². The molecule has 1 aliphatic rings. The van der Waals surface area contributed by atoms with Crippen molar-refractivity contribution in [3.8, 4) is 0 Å². The van der Waals surface area contributed by atoms with Crippen molar-refractivity contribution in [3.63, 3.8) is 0 Å². The van der Waals surface area contributed by atoms with E-state index in [1.165, 1.54) is 11.1 Å². The first-order valence-electron chi connectivity index (χ1n) is 10.6. The highest BCUT2D eigenvalue weighted by Crippen LogP contribution is 2.18. The summed E-state index contributed by atoms with van der Waals surface area (Å²) in [5.74, 6) is 0.797. The molecule has 162 valence electrons. The molecule has 0 saturated carbocycles. The molecule has 0 aromatic heterocycles. The van der Waals surface area contributed by atoms with Gasteiger partial charge >= 0.3 is 6.09 Å². The van der Waals surface area contributed by atoms with Gasteiger partial charge in [0.25, 0.3) is 0 Å². The first-order chi connectivity index (χ1) is 13.9. The van der Waals surface area contributed by atoms with Gasteiger partial charge in [-0.15, -0.1) is 0 Å². The molecule has 29 heavy (non-hydrogen) atoms. The first kappa shape index (κ1) is 23.0. The van der Waals surface area contributed by atoms with Crippen molar-refractivity contribution in [2.75, 3.05) is 39.8 Å². The molecule has 0 radical (unpaired) electrons. The van der Waals surface area contributed by atoms with Gasteiger partial charge in [-0.05, 0) is 51.2 Å². The molecule has 7 heteroatoms. The van der Waals surface area contributed by atoms with Crippen molar-refractivity contribution in [3.05, 3.63) is 35.4 Å². The number of ether oxygens (including phenoxy) is 1. The predicted octanol–water partition coefficient (Wildman–Crippen LogP) is 2.51. The maximum atomic E-state index is 11.6. The van der Waals surface area contributed by atoms with E-state index >= 15 is 0 Å². The van der Waals surface area contributed by atoms with Gasteiger partial charge in [-0.1, -0.05) is 24.3 Å². The second-order valence-electron chi connectivity index (χ2n) is 8.36. The molecule has 1 aromatic carbocycles. The molecular formula is C22H37N5O2. The van der Waals surface area contributed by atoms with Crippen molar-refractivity contribution in [2.24, 2.45) is 4.99 Å². The van der Waals surface area contributed by atoms with E-state index in [9.17, 15) is 4.79 Å². The van der Waals surface area contributed by atoms with E-state index in [2.05, 4.69) is 50.1 Å². The Labute approximate surface area is 175 Å². The van der Waals surface area contributed by atoms with Crippen LogP contribution in [-0.2, 0) is 17.7 Å². The fraction of sp³-hybridized carbons (Fsp3) is 0.636. The van der Waals surface area contributed by atoms with Crippen molar-refractivity contribution in [1.82, 2.24) is 20.9 Å². The Balaban J connectivity index is 1.53. The molecule has 1 aromatic rings. The molecule has 0 fully saturated rings. The predicted molar refractivity (Wildman–Crippen MR) is 118 cm³/mol. The lowest BCUT2D eigenvalue weighted by Crippen LogP contribution is -2.40. The molecule has 7 nitrogen and oxygen atoms in total.